The van der Waals surface area contributed by atoms with Gasteiger partial charge in [0.1, 0.15) is 5.60 Å². The van der Waals surface area contributed by atoms with E-state index in [1.54, 1.807) is 0 Å². The first kappa shape index (κ1) is 8.01. The highest BCUT2D eigenvalue weighted by atomic mass is 16.6. The van der Waals surface area contributed by atoms with Crippen LogP contribution in [0.2, 0.25) is 0 Å². The molecule has 1 saturated heterocycles. The molecule has 0 radical (unpaired) electrons. The summed E-state index contributed by atoms with van der Waals surface area (Å²) in [5, 5.41) is 2.59. The van der Waals surface area contributed by atoms with Gasteiger partial charge in [0.25, 0.3) is 0 Å². The Kier molecular flexibility index (Phi) is 1.48. The highest BCUT2D eigenvalue weighted by molar-refractivity contribution is 5.83. The lowest BCUT2D eigenvalue weighted by Gasteiger charge is -2.06. The third kappa shape index (κ3) is 1.13. The molecule has 0 saturated carbocycles. The smallest absolute Gasteiger partial charge is 0.114 e. The summed E-state index contributed by atoms with van der Waals surface area (Å²) >= 11 is 0. The Hall–Kier alpha value is -1.34. The molecule has 1 nitrogen and oxygen atoms in total. The minimum Gasteiger partial charge on any atom is -0.365 e. The molecule has 1 atom stereocenters. The Morgan fingerprint density at radius 1 is 1.07 bits per heavy atom. The monoisotopic (exact) mass is 184 g/mol. The van der Waals surface area contributed by atoms with Crippen molar-refractivity contribution in [3.05, 3.63) is 48.0 Å². The summed E-state index contributed by atoms with van der Waals surface area (Å²) < 4.78 is 5.43. The normalized spacial score (nSPS) is 25.2. The zero-order chi connectivity index (χ0) is 9.60. The van der Waals surface area contributed by atoms with E-state index in [9.17, 15) is 0 Å². The fourth-order valence-electron chi connectivity index (χ4n) is 1.79. The molecule has 0 unspecified atom stereocenters. The second-order valence-corrected chi connectivity index (χ2v) is 4.08. The van der Waals surface area contributed by atoms with Crippen LogP contribution < -0.4 is 0 Å². The first-order chi connectivity index (χ1) is 6.78. The van der Waals surface area contributed by atoms with Crippen molar-refractivity contribution in [2.75, 3.05) is 6.61 Å². The van der Waals surface area contributed by atoms with Crippen molar-refractivity contribution in [3.63, 3.8) is 0 Å². The van der Waals surface area contributed by atoms with Crippen LogP contribution in [0.15, 0.2) is 42.5 Å². The van der Waals surface area contributed by atoms with Crippen LogP contribution in [0, 0.1) is 0 Å². The van der Waals surface area contributed by atoms with Gasteiger partial charge in [-0.1, -0.05) is 36.4 Å². The summed E-state index contributed by atoms with van der Waals surface area (Å²) in [6, 6.07) is 15.0. The molecule has 0 aliphatic carbocycles. The van der Waals surface area contributed by atoms with Crippen molar-refractivity contribution in [2.24, 2.45) is 0 Å². The molecule has 0 bridgehead atoms. The third-order valence-corrected chi connectivity index (χ3v) is 2.94. The molecule has 0 spiro atoms. The zero-order valence-electron chi connectivity index (χ0n) is 8.16. The molecule has 2 aromatic carbocycles. The summed E-state index contributed by atoms with van der Waals surface area (Å²) in [6.45, 7) is 2.99. The highest BCUT2D eigenvalue weighted by Gasteiger charge is 2.40. The molecule has 1 heterocycles. The van der Waals surface area contributed by atoms with Crippen molar-refractivity contribution in [2.45, 2.75) is 12.5 Å². The number of hydrogen-bond donors (Lipinski definition) is 0. The van der Waals surface area contributed by atoms with E-state index < -0.39 is 0 Å². The molecule has 1 fully saturated rings. The Bertz CT molecular complexity index is 483. The van der Waals surface area contributed by atoms with Crippen molar-refractivity contribution < 1.29 is 4.74 Å². The van der Waals surface area contributed by atoms with Crippen molar-refractivity contribution in [3.8, 4) is 0 Å². The number of ether oxygens (including phenoxy) is 1. The molecule has 0 N–H and O–H groups in total. The van der Waals surface area contributed by atoms with Gasteiger partial charge in [-0.05, 0) is 29.3 Å². The molecular formula is C13H12O. The van der Waals surface area contributed by atoms with Crippen molar-refractivity contribution in [1.82, 2.24) is 0 Å². The maximum Gasteiger partial charge on any atom is 0.114 e. The van der Waals surface area contributed by atoms with Crippen LogP contribution in [-0.4, -0.2) is 6.61 Å². The first-order valence-corrected chi connectivity index (χ1v) is 4.91. The van der Waals surface area contributed by atoms with Crippen LogP contribution in [0.4, 0.5) is 0 Å². The van der Waals surface area contributed by atoms with Gasteiger partial charge in [0.05, 0.1) is 6.61 Å². The summed E-state index contributed by atoms with van der Waals surface area (Å²) in [5.74, 6) is 0. The Balaban J connectivity index is 2.20. The van der Waals surface area contributed by atoms with E-state index in [1.807, 2.05) is 0 Å². The average Bonchev–Trinajstić information content (AvgIpc) is 2.97. The van der Waals surface area contributed by atoms with E-state index in [2.05, 4.69) is 49.4 Å². The molecule has 14 heavy (non-hydrogen) atoms. The van der Waals surface area contributed by atoms with Crippen LogP contribution in [0.25, 0.3) is 10.8 Å². The largest absolute Gasteiger partial charge is 0.365 e. The SMILES string of the molecule is C[C@@]1(c2ccc3ccccc3c2)CO1. The van der Waals surface area contributed by atoms with E-state index in [0.29, 0.717) is 0 Å². The predicted molar refractivity (Wildman–Crippen MR) is 57.3 cm³/mol. The van der Waals surface area contributed by atoms with Crippen molar-refractivity contribution >= 4 is 10.8 Å². The third-order valence-electron chi connectivity index (χ3n) is 2.94. The maximum atomic E-state index is 5.43. The number of benzene rings is 2. The lowest BCUT2D eigenvalue weighted by molar-refractivity contribution is 0.330. The second-order valence-electron chi connectivity index (χ2n) is 4.08. The quantitative estimate of drug-likeness (QED) is 0.620. The average molecular weight is 184 g/mol. The summed E-state index contributed by atoms with van der Waals surface area (Å²) in [6.07, 6.45) is 0. The van der Waals surface area contributed by atoms with Crippen LogP contribution in [0.1, 0.15) is 12.5 Å². The maximum absolute atomic E-state index is 5.43. The lowest BCUT2D eigenvalue weighted by Crippen LogP contribution is -2.01. The molecule has 70 valence electrons. The predicted octanol–water partition coefficient (Wildman–Crippen LogP) is 3.09. The summed E-state index contributed by atoms with van der Waals surface area (Å²) in [4.78, 5) is 0. The standard InChI is InChI=1S/C13H12O/c1-13(9-14-13)12-7-6-10-4-2-3-5-11(10)8-12/h2-8H,9H2,1H3/t13-/m0/s1. The van der Waals surface area contributed by atoms with Gasteiger partial charge in [0.15, 0.2) is 0 Å². The van der Waals surface area contributed by atoms with Crippen molar-refractivity contribution in [1.29, 1.82) is 0 Å². The zero-order valence-corrected chi connectivity index (χ0v) is 8.16. The van der Waals surface area contributed by atoms with Crippen LogP contribution >= 0.6 is 0 Å². The minimum atomic E-state index is -0.00989. The molecular weight excluding hydrogens is 172 g/mol. The van der Waals surface area contributed by atoms with E-state index in [0.717, 1.165) is 6.61 Å². The highest BCUT2D eigenvalue weighted by Crippen LogP contribution is 2.38. The molecule has 2 aromatic rings. The van der Waals surface area contributed by atoms with Gasteiger partial charge in [-0.15, -0.1) is 0 Å². The molecule has 0 amide bonds. The van der Waals surface area contributed by atoms with Gasteiger partial charge in [-0.2, -0.15) is 0 Å². The molecule has 1 heteroatoms. The molecule has 1 aliphatic heterocycles. The summed E-state index contributed by atoms with van der Waals surface area (Å²) in [5.41, 5.74) is 1.28. The second kappa shape index (κ2) is 2.58. The van der Waals surface area contributed by atoms with E-state index in [4.69, 9.17) is 4.74 Å². The molecule has 0 aromatic heterocycles. The van der Waals surface area contributed by atoms with E-state index >= 15 is 0 Å². The number of rotatable bonds is 1. The van der Waals surface area contributed by atoms with Crippen LogP contribution in [-0.2, 0) is 10.3 Å². The first-order valence-electron chi connectivity index (χ1n) is 4.91. The van der Waals surface area contributed by atoms with Gasteiger partial charge in [0.2, 0.25) is 0 Å². The van der Waals surface area contributed by atoms with E-state index in [1.165, 1.54) is 16.3 Å². The van der Waals surface area contributed by atoms with Crippen LogP contribution in [0.3, 0.4) is 0 Å². The van der Waals surface area contributed by atoms with Gasteiger partial charge in [-0.3, -0.25) is 0 Å². The Morgan fingerprint density at radius 3 is 2.50 bits per heavy atom. The molecule has 1 aliphatic rings. The van der Waals surface area contributed by atoms with Gasteiger partial charge < -0.3 is 4.74 Å². The summed E-state index contributed by atoms with van der Waals surface area (Å²) in [7, 11) is 0. The van der Waals surface area contributed by atoms with E-state index in [-0.39, 0.29) is 5.60 Å². The fourth-order valence-corrected chi connectivity index (χ4v) is 1.79. The number of epoxide rings is 1. The number of fused-ring (bicyclic) bond motifs is 1. The molecule has 3 rings (SSSR count). The Labute approximate surface area is 83.3 Å². The van der Waals surface area contributed by atoms with Gasteiger partial charge in [0, 0.05) is 0 Å². The lowest BCUT2D eigenvalue weighted by atomic mass is 9.98. The topological polar surface area (TPSA) is 12.5 Å². The van der Waals surface area contributed by atoms with Gasteiger partial charge in [-0.25, -0.2) is 0 Å². The fraction of sp³-hybridized carbons (Fsp3) is 0.231. The van der Waals surface area contributed by atoms with Gasteiger partial charge >= 0.3 is 0 Å². The minimum absolute atomic E-state index is 0.00989. The van der Waals surface area contributed by atoms with Crippen LogP contribution in [0.5, 0.6) is 0 Å². The Morgan fingerprint density at radius 2 is 1.79 bits per heavy atom. The number of hydrogen-bond acceptors (Lipinski definition) is 1.